The number of rotatable bonds is 5. The van der Waals surface area contributed by atoms with Gasteiger partial charge in [0.25, 0.3) is 0 Å². The number of hydrogen-bond acceptors (Lipinski definition) is 4. The van der Waals surface area contributed by atoms with E-state index in [1.807, 2.05) is 0 Å². The van der Waals surface area contributed by atoms with Crippen LogP contribution in [0.1, 0.15) is 27.2 Å². The smallest absolute Gasteiger partial charge is 0.140 e. The van der Waals surface area contributed by atoms with E-state index < -0.39 is 0 Å². The highest BCUT2D eigenvalue weighted by Gasteiger charge is 2.21. The zero-order valence-electron chi connectivity index (χ0n) is 11.3. The zero-order valence-corrected chi connectivity index (χ0v) is 11.3. The Morgan fingerprint density at radius 3 is 2.29 bits per heavy atom. The fourth-order valence-electron chi connectivity index (χ4n) is 2.38. The summed E-state index contributed by atoms with van der Waals surface area (Å²) in [7, 11) is 0. The largest absolute Gasteiger partial charge is 0.409 e. The van der Waals surface area contributed by atoms with E-state index in [1.54, 1.807) is 0 Å². The van der Waals surface area contributed by atoms with Gasteiger partial charge in [0, 0.05) is 45.2 Å². The van der Waals surface area contributed by atoms with Crippen LogP contribution in [0.5, 0.6) is 0 Å². The molecule has 0 aromatic heterocycles. The standard InChI is InChI=1S/C12H26N4O/c1-10(2)9-15-4-6-16(7-5-15)11(3)8-12(13)14-17/h10-11,17H,4-9H2,1-3H3,(H2,13,14). The molecule has 3 N–H and O–H groups in total. The van der Waals surface area contributed by atoms with Crippen molar-refractivity contribution < 1.29 is 5.21 Å². The van der Waals surface area contributed by atoms with Gasteiger partial charge in [-0.05, 0) is 12.8 Å². The van der Waals surface area contributed by atoms with E-state index in [1.165, 1.54) is 6.54 Å². The van der Waals surface area contributed by atoms with Crippen LogP contribution in [0, 0.1) is 5.92 Å². The molecule has 0 aliphatic carbocycles. The fraction of sp³-hybridized carbons (Fsp3) is 0.917. The Balaban J connectivity index is 2.31. The second-order valence-electron chi connectivity index (χ2n) is 5.37. The van der Waals surface area contributed by atoms with E-state index in [-0.39, 0.29) is 0 Å². The summed E-state index contributed by atoms with van der Waals surface area (Å²) in [6.07, 6.45) is 0.640. The third-order valence-electron chi connectivity index (χ3n) is 3.29. The number of nitrogens with two attached hydrogens (primary N) is 1. The van der Waals surface area contributed by atoms with Gasteiger partial charge < -0.3 is 15.8 Å². The molecule has 0 amide bonds. The maximum atomic E-state index is 8.56. The number of piperazine rings is 1. The normalized spacial score (nSPS) is 22.0. The Kier molecular flexibility index (Phi) is 5.71. The van der Waals surface area contributed by atoms with E-state index in [9.17, 15) is 0 Å². The first kappa shape index (κ1) is 14.3. The maximum absolute atomic E-state index is 8.56. The van der Waals surface area contributed by atoms with Crippen molar-refractivity contribution in [1.29, 1.82) is 0 Å². The van der Waals surface area contributed by atoms with Crippen molar-refractivity contribution in [1.82, 2.24) is 9.80 Å². The van der Waals surface area contributed by atoms with Crippen LogP contribution < -0.4 is 5.73 Å². The first-order valence-corrected chi connectivity index (χ1v) is 6.45. The van der Waals surface area contributed by atoms with Gasteiger partial charge in [0.2, 0.25) is 0 Å². The molecular formula is C12H26N4O. The van der Waals surface area contributed by atoms with Gasteiger partial charge in [-0.1, -0.05) is 19.0 Å². The van der Waals surface area contributed by atoms with E-state index >= 15 is 0 Å². The molecule has 5 nitrogen and oxygen atoms in total. The average Bonchev–Trinajstić information content (AvgIpc) is 2.28. The van der Waals surface area contributed by atoms with Crippen molar-refractivity contribution in [3.63, 3.8) is 0 Å². The third-order valence-corrected chi connectivity index (χ3v) is 3.29. The molecular weight excluding hydrogens is 216 g/mol. The van der Waals surface area contributed by atoms with Crippen LogP contribution in [0.2, 0.25) is 0 Å². The summed E-state index contributed by atoms with van der Waals surface area (Å²) in [5.41, 5.74) is 5.54. The second-order valence-corrected chi connectivity index (χ2v) is 5.37. The lowest BCUT2D eigenvalue weighted by Crippen LogP contribution is -2.50. The highest BCUT2D eigenvalue weighted by Crippen LogP contribution is 2.10. The van der Waals surface area contributed by atoms with Crippen molar-refractivity contribution in [2.24, 2.45) is 16.8 Å². The molecule has 0 radical (unpaired) electrons. The molecule has 0 bridgehead atoms. The van der Waals surface area contributed by atoms with Crippen LogP contribution >= 0.6 is 0 Å². The third kappa shape index (κ3) is 4.91. The lowest BCUT2D eigenvalue weighted by Gasteiger charge is -2.38. The summed E-state index contributed by atoms with van der Waals surface area (Å²) in [6, 6.07) is 0.354. The van der Waals surface area contributed by atoms with Crippen LogP contribution in [-0.2, 0) is 0 Å². The Bertz CT molecular complexity index is 247. The number of nitrogens with zero attached hydrogens (tertiary/aromatic N) is 3. The Labute approximate surface area is 104 Å². The zero-order chi connectivity index (χ0) is 12.8. The predicted molar refractivity (Wildman–Crippen MR) is 70.3 cm³/mol. The molecule has 1 unspecified atom stereocenters. The molecule has 1 saturated heterocycles. The second kappa shape index (κ2) is 6.81. The number of hydrogen-bond donors (Lipinski definition) is 2. The molecule has 1 atom stereocenters. The monoisotopic (exact) mass is 242 g/mol. The molecule has 17 heavy (non-hydrogen) atoms. The minimum absolute atomic E-state index is 0.321. The van der Waals surface area contributed by atoms with E-state index in [4.69, 9.17) is 10.9 Å². The molecule has 1 rings (SSSR count). The Hall–Kier alpha value is -0.810. The van der Waals surface area contributed by atoms with Crippen LogP contribution in [0.25, 0.3) is 0 Å². The summed E-state index contributed by atoms with van der Waals surface area (Å²) in [6.45, 7) is 12.2. The molecule has 0 aromatic rings. The summed E-state index contributed by atoms with van der Waals surface area (Å²) in [5.74, 6) is 1.05. The highest BCUT2D eigenvalue weighted by molar-refractivity contribution is 5.80. The van der Waals surface area contributed by atoms with Crippen LogP contribution in [0.3, 0.4) is 0 Å². The van der Waals surface area contributed by atoms with E-state index in [0.717, 1.165) is 32.1 Å². The maximum Gasteiger partial charge on any atom is 0.140 e. The number of amidine groups is 1. The summed E-state index contributed by atoms with van der Waals surface area (Å²) in [5, 5.41) is 11.6. The molecule has 1 fully saturated rings. The first-order chi connectivity index (χ1) is 8.02. The van der Waals surface area contributed by atoms with Gasteiger partial charge in [-0.3, -0.25) is 4.90 Å². The quantitative estimate of drug-likeness (QED) is 0.324. The topological polar surface area (TPSA) is 65.1 Å². The average molecular weight is 242 g/mol. The molecule has 5 heteroatoms. The van der Waals surface area contributed by atoms with Crippen molar-refractivity contribution >= 4 is 5.84 Å². The van der Waals surface area contributed by atoms with Crippen LogP contribution in [0.15, 0.2) is 5.16 Å². The summed E-state index contributed by atoms with van der Waals surface area (Å²) >= 11 is 0. The molecule has 0 spiro atoms. The minimum atomic E-state index is 0.321. The van der Waals surface area contributed by atoms with Crippen LogP contribution in [0.4, 0.5) is 0 Å². The van der Waals surface area contributed by atoms with Crippen LogP contribution in [-0.4, -0.2) is 59.6 Å². The highest BCUT2D eigenvalue weighted by atomic mass is 16.4. The Morgan fingerprint density at radius 2 is 1.82 bits per heavy atom. The lowest BCUT2D eigenvalue weighted by molar-refractivity contribution is 0.0965. The van der Waals surface area contributed by atoms with Crippen molar-refractivity contribution in [2.75, 3.05) is 32.7 Å². The van der Waals surface area contributed by atoms with E-state index in [2.05, 4.69) is 35.7 Å². The van der Waals surface area contributed by atoms with Gasteiger partial charge >= 0.3 is 0 Å². The number of oxime groups is 1. The van der Waals surface area contributed by atoms with Gasteiger partial charge in [0.15, 0.2) is 0 Å². The van der Waals surface area contributed by atoms with Gasteiger partial charge in [0.1, 0.15) is 5.84 Å². The van der Waals surface area contributed by atoms with Gasteiger partial charge in [-0.15, -0.1) is 0 Å². The molecule has 1 aliphatic heterocycles. The van der Waals surface area contributed by atoms with Crippen molar-refractivity contribution in [3.05, 3.63) is 0 Å². The molecule has 1 heterocycles. The molecule has 1 aliphatic rings. The molecule has 0 saturated carbocycles. The van der Waals surface area contributed by atoms with E-state index in [0.29, 0.717) is 18.3 Å². The summed E-state index contributed by atoms with van der Waals surface area (Å²) in [4.78, 5) is 4.92. The van der Waals surface area contributed by atoms with Gasteiger partial charge in [0.05, 0.1) is 0 Å². The molecule has 0 aromatic carbocycles. The summed E-state index contributed by atoms with van der Waals surface area (Å²) < 4.78 is 0. The fourth-order valence-corrected chi connectivity index (χ4v) is 2.38. The van der Waals surface area contributed by atoms with Gasteiger partial charge in [-0.25, -0.2) is 0 Å². The predicted octanol–water partition coefficient (Wildman–Crippen LogP) is 0.785. The Morgan fingerprint density at radius 1 is 1.24 bits per heavy atom. The SMILES string of the molecule is CC(C)CN1CCN(C(C)C/C(N)=N/O)CC1. The van der Waals surface area contributed by atoms with Crippen molar-refractivity contribution in [3.8, 4) is 0 Å². The first-order valence-electron chi connectivity index (χ1n) is 6.45. The lowest BCUT2D eigenvalue weighted by atomic mass is 10.1. The minimum Gasteiger partial charge on any atom is -0.409 e. The van der Waals surface area contributed by atoms with Crippen molar-refractivity contribution in [2.45, 2.75) is 33.2 Å². The molecule has 100 valence electrons. The van der Waals surface area contributed by atoms with Gasteiger partial charge in [-0.2, -0.15) is 0 Å².